The summed E-state index contributed by atoms with van der Waals surface area (Å²) in [6.45, 7) is 12.5. The Balaban J connectivity index is 1.58. The zero-order chi connectivity index (χ0) is 18.9. The first-order valence-electron chi connectivity index (χ1n) is 10.1. The van der Waals surface area contributed by atoms with Gasteiger partial charge in [-0.25, -0.2) is 0 Å². The summed E-state index contributed by atoms with van der Waals surface area (Å²) < 4.78 is 0. The van der Waals surface area contributed by atoms with E-state index in [2.05, 4.69) is 53.2 Å². The van der Waals surface area contributed by atoms with Crippen molar-refractivity contribution in [3.8, 4) is 0 Å². The molecule has 2 rings (SSSR count). The van der Waals surface area contributed by atoms with E-state index >= 15 is 0 Å². The minimum absolute atomic E-state index is 0.00822. The summed E-state index contributed by atoms with van der Waals surface area (Å²) in [5.74, 6) is 0.228. The predicted molar refractivity (Wildman–Crippen MR) is 110 cm³/mol. The van der Waals surface area contributed by atoms with Gasteiger partial charge < -0.3 is 16.0 Å². The van der Waals surface area contributed by atoms with Gasteiger partial charge in [0.15, 0.2) is 0 Å². The monoisotopic (exact) mass is 360 g/mol. The molecule has 0 spiro atoms. The van der Waals surface area contributed by atoms with Gasteiger partial charge in [-0.1, -0.05) is 32.4 Å². The summed E-state index contributed by atoms with van der Waals surface area (Å²) in [4.78, 5) is 16.9. The number of anilines is 1. The first kappa shape index (κ1) is 20.7. The number of nitrogens with one attached hydrogen (secondary N) is 1. The van der Waals surface area contributed by atoms with E-state index in [4.69, 9.17) is 5.73 Å². The lowest BCUT2D eigenvalue weighted by Gasteiger charge is -2.36. The second kappa shape index (κ2) is 10.5. The molecular formula is C21H36N4O. The summed E-state index contributed by atoms with van der Waals surface area (Å²) in [6, 6.07) is 8.37. The normalized spacial score (nSPS) is 17.8. The summed E-state index contributed by atoms with van der Waals surface area (Å²) in [5, 5.41) is 2.98. The van der Waals surface area contributed by atoms with E-state index in [0.717, 1.165) is 58.5 Å². The number of unbranched alkanes of at least 4 members (excludes halogenated alkanes) is 1. The zero-order valence-electron chi connectivity index (χ0n) is 16.7. The molecule has 1 aliphatic heterocycles. The van der Waals surface area contributed by atoms with Crippen LogP contribution in [-0.4, -0.2) is 56.1 Å². The van der Waals surface area contributed by atoms with E-state index < -0.39 is 0 Å². The van der Waals surface area contributed by atoms with Gasteiger partial charge in [-0.05, 0) is 49.9 Å². The highest BCUT2D eigenvalue weighted by Gasteiger charge is 2.19. The van der Waals surface area contributed by atoms with Gasteiger partial charge in [0.2, 0.25) is 5.91 Å². The maximum Gasteiger partial charge on any atom is 0.237 e. The molecule has 0 aromatic heterocycles. The molecule has 0 radical (unpaired) electrons. The Kier molecular flexibility index (Phi) is 8.39. The number of rotatable bonds is 9. The average Bonchev–Trinajstić information content (AvgIpc) is 2.66. The van der Waals surface area contributed by atoms with Crippen LogP contribution in [0.25, 0.3) is 0 Å². The van der Waals surface area contributed by atoms with Crippen molar-refractivity contribution in [3.63, 3.8) is 0 Å². The van der Waals surface area contributed by atoms with Crippen LogP contribution in [0.3, 0.4) is 0 Å². The van der Waals surface area contributed by atoms with Gasteiger partial charge in [-0.3, -0.25) is 9.69 Å². The molecule has 146 valence electrons. The van der Waals surface area contributed by atoms with Crippen molar-refractivity contribution in [2.24, 2.45) is 11.7 Å². The number of carbonyl (C=O) groups excluding carboxylic acids is 1. The number of piperazine rings is 1. The third kappa shape index (κ3) is 6.29. The van der Waals surface area contributed by atoms with E-state index in [1.807, 2.05) is 6.92 Å². The highest BCUT2D eigenvalue weighted by Crippen LogP contribution is 2.17. The summed E-state index contributed by atoms with van der Waals surface area (Å²) >= 11 is 0. The standard InChI is InChI=1S/C21H36N4O/c1-4-18(3)20(22)21(26)23-10-5-6-11-24-12-14-25(15-13-24)19-9-7-8-17(2)16-19/h7-9,16,18,20H,4-6,10-15,22H2,1-3H3,(H,23,26). The number of nitrogens with zero attached hydrogens (tertiary/aromatic N) is 2. The number of aryl methyl sites for hydroxylation is 1. The van der Waals surface area contributed by atoms with Gasteiger partial charge in [-0.2, -0.15) is 0 Å². The number of carbonyl (C=O) groups is 1. The van der Waals surface area contributed by atoms with Gasteiger partial charge in [-0.15, -0.1) is 0 Å². The highest BCUT2D eigenvalue weighted by molar-refractivity contribution is 5.81. The van der Waals surface area contributed by atoms with Crippen molar-refractivity contribution in [1.29, 1.82) is 0 Å². The van der Waals surface area contributed by atoms with Crippen molar-refractivity contribution in [2.45, 2.75) is 46.1 Å². The number of hydrogen-bond donors (Lipinski definition) is 2. The van der Waals surface area contributed by atoms with Crippen molar-refractivity contribution in [1.82, 2.24) is 10.2 Å². The van der Waals surface area contributed by atoms with E-state index in [-0.39, 0.29) is 17.9 Å². The Morgan fingerprint density at radius 1 is 1.23 bits per heavy atom. The molecule has 1 aromatic carbocycles. The van der Waals surface area contributed by atoms with E-state index in [1.165, 1.54) is 11.3 Å². The Morgan fingerprint density at radius 2 is 1.96 bits per heavy atom. The van der Waals surface area contributed by atoms with Crippen molar-refractivity contribution in [2.75, 3.05) is 44.2 Å². The maximum atomic E-state index is 12.0. The number of hydrogen-bond acceptors (Lipinski definition) is 4. The molecule has 0 saturated carbocycles. The molecule has 3 N–H and O–H groups in total. The first-order chi connectivity index (χ1) is 12.5. The molecular weight excluding hydrogens is 324 g/mol. The molecule has 1 amide bonds. The van der Waals surface area contributed by atoms with Gasteiger partial charge in [0.1, 0.15) is 0 Å². The van der Waals surface area contributed by atoms with E-state index in [0.29, 0.717) is 0 Å². The molecule has 5 heteroatoms. The average molecular weight is 361 g/mol. The molecule has 0 aliphatic carbocycles. The second-order valence-electron chi connectivity index (χ2n) is 7.58. The molecule has 2 unspecified atom stereocenters. The van der Waals surface area contributed by atoms with Crippen molar-refractivity contribution in [3.05, 3.63) is 29.8 Å². The minimum atomic E-state index is -0.380. The molecule has 0 bridgehead atoms. The molecule has 1 fully saturated rings. The van der Waals surface area contributed by atoms with Crippen molar-refractivity contribution >= 4 is 11.6 Å². The molecule has 1 heterocycles. The maximum absolute atomic E-state index is 12.0. The molecule has 26 heavy (non-hydrogen) atoms. The lowest BCUT2D eigenvalue weighted by atomic mass is 9.99. The third-order valence-corrected chi connectivity index (χ3v) is 5.50. The second-order valence-corrected chi connectivity index (χ2v) is 7.58. The number of amides is 1. The highest BCUT2D eigenvalue weighted by atomic mass is 16.2. The minimum Gasteiger partial charge on any atom is -0.369 e. The smallest absolute Gasteiger partial charge is 0.237 e. The van der Waals surface area contributed by atoms with E-state index in [9.17, 15) is 4.79 Å². The molecule has 2 atom stereocenters. The van der Waals surface area contributed by atoms with Crippen LogP contribution in [0.15, 0.2) is 24.3 Å². The Morgan fingerprint density at radius 3 is 2.62 bits per heavy atom. The van der Waals surface area contributed by atoms with Crippen LogP contribution in [0.4, 0.5) is 5.69 Å². The van der Waals surface area contributed by atoms with Crippen LogP contribution in [0.1, 0.15) is 38.7 Å². The van der Waals surface area contributed by atoms with Crippen LogP contribution in [0.5, 0.6) is 0 Å². The fourth-order valence-electron chi connectivity index (χ4n) is 3.36. The fourth-order valence-corrected chi connectivity index (χ4v) is 3.36. The Hall–Kier alpha value is -1.59. The van der Waals surface area contributed by atoms with E-state index in [1.54, 1.807) is 0 Å². The van der Waals surface area contributed by atoms with Gasteiger partial charge in [0, 0.05) is 38.4 Å². The van der Waals surface area contributed by atoms with Crippen LogP contribution in [0.2, 0.25) is 0 Å². The van der Waals surface area contributed by atoms with Crippen LogP contribution < -0.4 is 16.0 Å². The Bertz CT molecular complexity index is 555. The molecule has 1 saturated heterocycles. The zero-order valence-corrected chi connectivity index (χ0v) is 16.7. The first-order valence-corrected chi connectivity index (χ1v) is 10.1. The third-order valence-electron chi connectivity index (χ3n) is 5.50. The van der Waals surface area contributed by atoms with Crippen LogP contribution in [-0.2, 0) is 4.79 Å². The molecule has 5 nitrogen and oxygen atoms in total. The lowest BCUT2D eigenvalue weighted by Crippen LogP contribution is -2.47. The number of nitrogens with two attached hydrogens (primary N) is 1. The molecule has 1 aliphatic rings. The SMILES string of the molecule is CCC(C)C(N)C(=O)NCCCCN1CCN(c2cccc(C)c2)CC1. The summed E-state index contributed by atoms with van der Waals surface area (Å²) in [7, 11) is 0. The largest absolute Gasteiger partial charge is 0.369 e. The molecule has 1 aromatic rings. The topological polar surface area (TPSA) is 61.6 Å². The van der Waals surface area contributed by atoms with Crippen molar-refractivity contribution < 1.29 is 4.79 Å². The van der Waals surface area contributed by atoms with Crippen LogP contribution >= 0.6 is 0 Å². The lowest BCUT2D eigenvalue weighted by molar-refractivity contribution is -0.123. The quantitative estimate of drug-likeness (QED) is 0.664. The van der Waals surface area contributed by atoms with Crippen LogP contribution in [0, 0.1) is 12.8 Å². The fraction of sp³-hybridized carbons (Fsp3) is 0.667. The predicted octanol–water partition coefficient (Wildman–Crippen LogP) is 2.39. The Labute approximate surface area is 158 Å². The number of benzene rings is 1. The summed E-state index contributed by atoms with van der Waals surface area (Å²) in [5.41, 5.74) is 8.61. The van der Waals surface area contributed by atoms with Gasteiger partial charge in [0.05, 0.1) is 6.04 Å². The van der Waals surface area contributed by atoms with Gasteiger partial charge in [0.25, 0.3) is 0 Å². The summed E-state index contributed by atoms with van der Waals surface area (Å²) in [6.07, 6.45) is 3.06. The van der Waals surface area contributed by atoms with Gasteiger partial charge >= 0.3 is 0 Å².